The first-order valence-electron chi connectivity index (χ1n) is 3.30. The van der Waals surface area contributed by atoms with E-state index < -0.39 is 30.9 Å². The van der Waals surface area contributed by atoms with Crippen LogP contribution in [0.4, 0.5) is 30.7 Å². The Morgan fingerprint density at radius 2 is 1.38 bits per heavy atom. The van der Waals surface area contributed by atoms with Gasteiger partial charge in [0, 0.05) is 6.42 Å². The summed E-state index contributed by atoms with van der Waals surface area (Å²) in [4.78, 5) is 0. The maximum Gasteiger partial charge on any atom is 0.391 e. The Morgan fingerprint density at radius 3 is 1.62 bits per heavy atom. The summed E-state index contributed by atoms with van der Waals surface area (Å²) >= 11 is 0. The van der Waals surface area contributed by atoms with Crippen molar-refractivity contribution in [2.45, 2.75) is 31.9 Å². The average Bonchev–Trinajstić information content (AvgIpc) is 1.83. The van der Waals surface area contributed by atoms with Crippen LogP contribution in [0.2, 0.25) is 0 Å². The number of halogens is 7. The number of hydrogen-bond acceptors (Lipinski definition) is 0. The zero-order valence-corrected chi connectivity index (χ0v) is 6.51. The van der Waals surface area contributed by atoms with Crippen molar-refractivity contribution in [2.75, 3.05) is 0 Å². The zero-order chi connectivity index (χ0) is 10.9. The van der Waals surface area contributed by atoms with Gasteiger partial charge >= 0.3 is 18.5 Å². The summed E-state index contributed by atoms with van der Waals surface area (Å²) in [6.45, 7) is 0.441. The van der Waals surface area contributed by atoms with Crippen molar-refractivity contribution in [3.63, 3.8) is 0 Å². The van der Waals surface area contributed by atoms with Crippen LogP contribution in [-0.2, 0) is 0 Å². The molecule has 0 aromatic carbocycles. The van der Waals surface area contributed by atoms with E-state index in [1.54, 1.807) is 0 Å². The Balaban J connectivity index is 4.28. The third-order valence-electron chi connectivity index (χ3n) is 1.46. The van der Waals surface area contributed by atoms with Crippen molar-refractivity contribution < 1.29 is 30.7 Å². The Morgan fingerprint density at radius 1 is 1.00 bits per heavy atom. The summed E-state index contributed by atoms with van der Waals surface area (Å²) in [6.07, 6.45) is -10.8. The summed E-state index contributed by atoms with van der Waals surface area (Å²) in [5.74, 6) is -7.01. The molecule has 0 saturated heterocycles. The van der Waals surface area contributed by atoms with E-state index in [1.165, 1.54) is 0 Å². The Hall–Kier alpha value is -0.490. The molecule has 0 rings (SSSR count). The summed E-state index contributed by atoms with van der Waals surface area (Å²) in [6, 6.07) is 0. The molecule has 0 bridgehead atoms. The molecule has 0 nitrogen and oxygen atoms in total. The third kappa shape index (κ3) is 3.82. The standard InChI is InChI=1S/C6H7F7/c1-3(6(11,12)13)2-5(9,10)4(7)8/h3-4H,2H2,1H3. The van der Waals surface area contributed by atoms with Gasteiger partial charge in [0.1, 0.15) is 0 Å². The summed E-state index contributed by atoms with van der Waals surface area (Å²) in [7, 11) is 0. The molecule has 0 aromatic heterocycles. The molecule has 0 aromatic rings. The normalized spacial score (nSPS) is 16.4. The van der Waals surface area contributed by atoms with Gasteiger partial charge in [0.25, 0.3) is 0 Å². The van der Waals surface area contributed by atoms with Gasteiger partial charge in [-0.25, -0.2) is 17.6 Å². The lowest BCUT2D eigenvalue weighted by Gasteiger charge is -2.21. The molecular formula is C6H7F7. The van der Waals surface area contributed by atoms with Gasteiger partial charge in [0.2, 0.25) is 0 Å². The quantitative estimate of drug-likeness (QED) is 0.628. The molecule has 0 radical (unpaired) electrons. The minimum Gasteiger partial charge on any atom is -0.204 e. The smallest absolute Gasteiger partial charge is 0.204 e. The van der Waals surface area contributed by atoms with E-state index in [0.29, 0.717) is 6.92 Å². The van der Waals surface area contributed by atoms with Gasteiger partial charge < -0.3 is 0 Å². The highest BCUT2D eigenvalue weighted by atomic mass is 19.4. The summed E-state index contributed by atoms with van der Waals surface area (Å²) < 4.78 is 82.0. The van der Waals surface area contributed by atoms with Crippen molar-refractivity contribution in [3.05, 3.63) is 0 Å². The van der Waals surface area contributed by atoms with Crippen molar-refractivity contribution >= 4 is 0 Å². The monoisotopic (exact) mass is 212 g/mol. The molecule has 80 valence electrons. The van der Waals surface area contributed by atoms with Gasteiger partial charge in [-0.05, 0) is 0 Å². The van der Waals surface area contributed by atoms with Gasteiger partial charge in [0.15, 0.2) is 0 Å². The lowest BCUT2D eigenvalue weighted by molar-refractivity contribution is -0.207. The van der Waals surface area contributed by atoms with Crippen LogP contribution >= 0.6 is 0 Å². The van der Waals surface area contributed by atoms with Crippen molar-refractivity contribution in [1.29, 1.82) is 0 Å². The van der Waals surface area contributed by atoms with E-state index in [2.05, 4.69) is 0 Å². The second-order valence-electron chi connectivity index (χ2n) is 2.71. The van der Waals surface area contributed by atoms with Crippen molar-refractivity contribution in [3.8, 4) is 0 Å². The largest absolute Gasteiger partial charge is 0.391 e. The molecule has 0 saturated carbocycles. The molecule has 0 amide bonds. The maximum atomic E-state index is 12.1. The Bertz CT molecular complexity index is 159. The van der Waals surface area contributed by atoms with Gasteiger partial charge in [0.05, 0.1) is 5.92 Å². The third-order valence-corrected chi connectivity index (χ3v) is 1.46. The molecule has 1 atom stereocenters. The van der Waals surface area contributed by atoms with Crippen LogP contribution < -0.4 is 0 Å². The summed E-state index contributed by atoms with van der Waals surface area (Å²) in [5, 5.41) is 0. The Kier molecular flexibility index (Phi) is 3.57. The van der Waals surface area contributed by atoms with Crippen LogP contribution in [0.15, 0.2) is 0 Å². The SMILES string of the molecule is CC(CC(F)(F)C(F)F)C(F)(F)F. The molecular weight excluding hydrogens is 205 g/mol. The minimum absolute atomic E-state index is 0.441. The van der Waals surface area contributed by atoms with E-state index in [4.69, 9.17) is 0 Å². The van der Waals surface area contributed by atoms with E-state index in [9.17, 15) is 30.7 Å². The van der Waals surface area contributed by atoms with Gasteiger partial charge in [-0.1, -0.05) is 6.92 Å². The maximum absolute atomic E-state index is 12.1. The molecule has 0 N–H and O–H groups in total. The van der Waals surface area contributed by atoms with Crippen LogP contribution in [0, 0.1) is 5.92 Å². The fraction of sp³-hybridized carbons (Fsp3) is 1.00. The van der Waals surface area contributed by atoms with Crippen LogP contribution in [0.3, 0.4) is 0 Å². The van der Waals surface area contributed by atoms with Gasteiger partial charge in [-0.3, -0.25) is 0 Å². The first-order valence-corrected chi connectivity index (χ1v) is 3.30. The van der Waals surface area contributed by atoms with Crippen LogP contribution in [-0.4, -0.2) is 18.5 Å². The van der Waals surface area contributed by atoms with Crippen molar-refractivity contribution in [2.24, 2.45) is 5.92 Å². The fourth-order valence-corrected chi connectivity index (χ4v) is 0.613. The first kappa shape index (κ1) is 12.5. The van der Waals surface area contributed by atoms with Crippen LogP contribution in [0.5, 0.6) is 0 Å². The number of hydrogen-bond donors (Lipinski definition) is 0. The second kappa shape index (κ2) is 3.71. The molecule has 0 heterocycles. The lowest BCUT2D eigenvalue weighted by atomic mass is 10.0. The van der Waals surface area contributed by atoms with E-state index in [-0.39, 0.29) is 0 Å². The molecule has 7 heteroatoms. The Labute approximate surface area is 69.7 Å². The highest BCUT2D eigenvalue weighted by Crippen LogP contribution is 2.37. The zero-order valence-electron chi connectivity index (χ0n) is 6.51. The predicted molar refractivity (Wildman–Crippen MR) is 30.8 cm³/mol. The molecule has 13 heavy (non-hydrogen) atoms. The molecule has 0 aliphatic heterocycles. The molecule has 0 aliphatic carbocycles. The highest BCUT2D eigenvalue weighted by molar-refractivity contribution is 4.75. The topological polar surface area (TPSA) is 0 Å². The average molecular weight is 212 g/mol. The first-order chi connectivity index (χ1) is 5.57. The second-order valence-corrected chi connectivity index (χ2v) is 2.71. The van der Waals surface area contributed by atoms with E-state index in [1.807, 2.05) is 0 Å². The molecule has 0 fully saturated rings. The van der Waals surface area contributed by atoms with Gasteiger partial charge in [-0.2, -0.15) is 13.2 Å². The van der Waals surface area contributed by atoms with Gasteiger partial charge in [-0.15, -0.1) is 0 Å². The highest BCUT2D eigenvalue weighted by Gasteiger charge is 2.48. The van der Waals surface area contributed by atoms with E-state index in [0.717, 1.165) is 0 Å². The fourth-order valence-electron chi connectivity index (χ4n) is 0.613. The predicted octanol–water partition coefficient (Wildman–Crippen LogP) is 3.48. The molecule has 0 aliphatic rings. The number of alkyl halides is 7. The summed E-state index contributed by atoms with van der Waals surface area (Å²) in [5.41, 5.74) is 0. The minimum atomic E-state index is -4.86. The van der Waals surface area contributed by atoms with Crippen LogP contribution in [0.25, 0.3) is 0 Å². The molecule has 1 unspecified atom stereocenters. The van der Waals surface area contributed by atoms with Crippen molar-refractivity contribution in [1.82, 2.24) is 0 Å². The lowest BCUT2D eigenvalue weighted by Crippen LogP contribution is -2.33. The molecule has 0 spiro atoms. The number of rotatable bonds is 3. The van der Waals surface area contributed by atoms with Crippen LogP contribution in [0.1, 0.15) is 13.3 Å². The van der Waals surface area contributed by atoms with E-state index >= 15 is 0 Å².